The van der Waals surface area contributed by atoms with Gasteiger partial charge in [-0.05, 0) is 43.8 Å². The molecule has 0 radical (unpaired) electrons. The monoisotopic (exact) mass is 239 g/mol. The van der Waals surface area contributed by atoms with Crippen molar-refractivity contribution in [3.8, 4) is 0 Å². The Kier molecular flexibility index (Phi) is 4.00. The third-order valence-electron chi connectivity index (χ3n) is 3.23. The molecule has 1 aliphatic heterocycles. The molecule has 0 spiro atoms. The van der Waals surface area contributed by atoms with Gasteiger partial charge in [0.15, 0.2) is 0 Å². The van der Waals surface area contributed by atoms with Crippen molar-refractivity contribution in [3.05, 3.63) is 21.9 Å². The molecule has 3 unspecified atom stereocenters. The van der Waals surface area contributed by atoms with Crippen molar-refractivity contribution >= 4 is 11.3 Å². The molecule has 0 aliphatic carbocycles. The molecule has 1 aromatic heterocycles. The van der Waals surface area contributed by atoms with E-state index in [-0.39, 0.29) is 0 Å². The van der Waals surface area contributed by atoms with Crippen LogP contribution in [0.25, 0.3) is 0 Å². The molecule has 2 nitrogen and oxygen atoms in total. The predicted octanol–water partition coefficient (Wildman–Crippen LogP) is 3.13. The van der Waals surface area contributed by atoms with Gasteiger partial charge in [0.2, 0.25) is 0 Å². The van der Waals surface area contributed by atoms with E-state index in [0.717, 1.165) is 13.2 Å². The molecule has 16 heavy (non-hydrogen) atoms. The van der Waals surface area contributed by atoms with Crippen molar-refractivity contribution in [2.45, 2.75) is 39.3 Å². The van der Waals surface area contributed by atoms with Crippen LogP contribution in [0.5, 0.6) is 0 Å². The molecular weight excluding hydrogens is 218 g/mol. The molecule has 1 aliphatic rings. The van der Waals surface area contributed by atoms with Crippen LogP contribution >= 0.6 is 11.3 Å². The van der Waals surface area contributed by atoms with Crippen LogP contribution in [0.2, 0.25) is 0 Å². The number of rotatable bonds is 4. The fourth-order valence-electron chi connectivity index (χ4n) is 2.49. The Morgan fingerprint density at radius 3 is 2.94 bits per heavy atom. The van der Waals surface area contributed by atoms with E-state index in [1.54, 1.807) is 0 Å². The van der Waals surface area contributed by atoms with Gasteiger partial charge in [0.1, 0.15) is 0 Å². The van der Waals surface area contributed by atoms with Crippen LogP contribution in [-0.4, -0.2) is 19.3 Å². The Balaban J connectivity index is 2.10. The largest absolute Gasteiger partial charge is 0.378 e. The van der Waals surface area contributed by atoms with E-state index in [2.05, 4.69) is 37.5 Å². The number of hydrogen-bond acceptors (Lipinski definition) is 3. The van der Waals surface area contributed by atoms with Gasteiger partial charge in [-0.25, -0.2) is 0 Å². The molecule has 90 valence electrons. The summed E-state index contributed by atoms with van der Waals surface area (Å²) >= 11 is 1.84. The Morgan fingerprint density at radius 2 is 2.44 bits per heavy atom. The molecule has 2 rings (SSSR count). The molecule has 1 aromatic rings. The molecule has 1 saturated heterocycles. The lowest BCUT2D eigenvalue weighted by Gasteiger charge is -2.22. The minimum Gasteiger partial charge on any atom is -0.378 e. The van der Waals surface area contributed by atoms with Crippen molar-refractivity contribution in [2.75, 3.05) is 13.2 Å². The molecular formula is C13H21NOS. The van der Waals surface area contributed by atoms with Crippen molar-refractivity contribution in [2.24, 2.45) is 5.92 Å². The maximum Gasteiger partial charge on any atom is 0.0551 e. The minimum absolute atomic E-state index is 0.422. The highest BCUT2D eigenvalue weighted by molar-refractivity contribution is 7.10. The van der Waals surface area contributed by atoms with Crippen LogP contribution < -0.4 is 5.32 Å². The standard InChI is InChI=1S/C13H21NOS/c1-4-14-13(11-5-9(2)15-7-11)12-6-10(3)16-8-12/h6,8-9,11,13-14H,4-5,7H2,1-3H3. The molecule has 0 amide bonds. The summed E-state index contributed by atoms with van der Waals surface area (Å²) in [6.45, 7) is 8.43. The van der Waals surface area contributed by atoms with E-state index in [1.165, 1.54) is 16.9 Å². The van der Waals surface area contributed by atoms with Crippen LogP contribution in [0.1, 0.15) is 36.8 Å². The van der Waals surface area contributed by atoms with Gasteiger partial charge in [-0.3, -0.25) is 0 Å². The second-order valence-corrected chi connectivity index (χ2v) is 5.78. The van der Waals surface area contributed by atoms with Crippen LogP contribution in [0.15, 0.2) is 11.4 Å². The summed E-state index contributed by atoms with van der Waals surface area (Å²) in [6, 6.07) is 2.78. The van der Waals surface area contributed by atoms with Gasteiger partial charge in [-0.2, -0.15) is 0 Å². The van der Waals surface area contributed by atoms with Crippen LogP contribution in [0, 0.1) is 12.8 Å². The average Bonchev–Trinajstić information content (AvgIpc) is 2.84. The second-order valence-electron chi connectivity index (χ2n) is 4.67. The zero-order valence-electron chi connectivity index (χ0n) is 10.3. The summed E-state index contributed by atoms with van der Waals surface area (Å²) in [5, 5.41) is 5.88. The van der Waals surface area contributed by atoms with Gasteiger partial charge in [0.25, 0.3) is 0 Å². The van der Waals surface area contributed by atoms with Gasteiger partial charge >= 0.3 is 0 Å². The molecule has 0 aromatic carbocycles. The molecule has 3 atom stereocenters. The van der Waals surface area contributed by atoms with E-state index in [9.17, 15) is 0 Å². The fourth-order valence-corrected chi connectivity index (χ4v) is 3.23. The molecule has 2 heterocycles. The number of aryl methyl sites for hydroxylation is 1. The van der Waals surface area contributed by atoms with Crippen LogP contribution in [0.3, 0.4) is 0 Å². The normalized spacial score (nSPS) is 27.2. The van der Waals surface area contributed by atoms with Crippen LogP contribution in [-0.2, 0) is 4.74 Å². The first kappa shape index (κ1) is 12.1. The molecule has 3 heteroatoms. The Labute approximate surface area is 102 Å². The quantitative estimate of drug-likeness (QED) is 0.871. The van der Waals surface area contributed by atoms with Gasteiger partial charge in [0, 0.05) is 16.8 Å². The van der Waals surface area contributed by atoms with Crippen molar-refractivity contribution in [1.29, 1.82) is 0 Å². The zero-order valence-corrected chi connectivity index (χ0v) is 11.1. The van der Waals surface area contributed by atoms with Gasteiger partial charge in [-0.1, -0.05) is 6.92 Å². The molecule has 1 N–H and O–H groups in total. The van der Waals surface area contributed by atoms with Gasteiger partial charge in [-0.15, -0.1) is 11.3 Å². The summed E-state index contributed by atoms with van der Waals surface area (Å²) in [6.07, 6.45) is 1.60. The maximum absolute atomic E-state index is 5.68. The third kappa shape index (κ3) is 2.65. The van der Waals surface area contributed by atoms with E-state index >= 15 is 0 Å². The first-order chi connectivity index (χ1) is 7.70. The van der Waals surface area contributed by atoms with Gasteiger partial charge in [0.05, 0.1) is 12.7 Å². The van der Waals surface area contributed by atoms with Crippen molar-refractivity contribution in [1.82, 2.24) is 5.32 Å². The number of ether oxygens (including phenoxy) is 1. The smallest absolute Gasteiger partial charge is 0.0551 e. The molecule has 1 fully saturated rings. The summed E-state index contributed by atoms with van der Waals surface area (Å²) < 4.78 is 5.68. The number of hydrogen-bond donors (Lipinski definition) is 1. The Hall–Kier alpha value is -0.380. The van der Waals surface area contributed by atoms with Crippen molar-refractivity contribution in [3.63, 3.8) is 0 Å². The predicted molar refractivity (Wildman–Crippen MR) is 69.0 cm³/mol. The minimum atomic E-state index is 0.422. The number of nitrogens with one attached hydrogen (secondary N) is 1. The lowest BCUT2D eigenvalue weighted by molar-refractivity contribution is 0.117. The van der Waals surface area contributed by atoms with E-state index in [4.69, 9.17) is 4.74 Å². The topological polar surface area (TPSA) is 21.3 Å². The van der Waals surface area contributed by atoms with E-state index < -0.39 is 0 Å². The third-order valence-corrected chi connectivity index (χ3v) is 4.11. The first-order valence-electron chi connectivity index (χ1n) is 6.10. The Bertz CT molecular complexity index is 336. The Morgan fingerprint density at radius 1 is 1.62 bits per heavy atom. The summed E-state index contributed by atoms with van der Waals surface area (Å²) in [4.78, 5) is 1.39. The summed E-state index contributed by atoms with van der Waals surface area (Å²) in [7, 11) is 0. The first-order valence-corrected chi connectivity index (χ1v) is 6.98. The van der Waals surface area contributed by atoms with E-state index in [1.807, 2.05) is 11.3 Å². The lowest BCUT2D eigenvalue weighted by Crippen LogP contribution is -2.28. The highest BCUT2D eigenvalue weighted by Crippen LogP contribution is 2.33. The zero-order chi connectivity index (χ0) is 11.5. The number of thiophene rings is 1. The van der Waals surface area contributed by atoms with E-state index in [0.29, 0.717) is 18.1 Å². The van der Waals surface area contributed by atoms with Crippen LogP contribution in [0.4, 0.5) is 0 Å². The molecule has 0 saturated carbocycles. The summed E-state index contributed by atoms with van der Waals surface area (Å²) in [5.74, 6) is 0.629. The van der Waals surface area contributed by atoms with Gasteiger partial charge < -0.3 is 10.1 Å². The fraction of sp³-hybridized carbons (Fsp3) is 0.692. The highest BCUT2D eigenvalue weighted by Gasteiger charge is 2.30. The van der Waals surface area contributed by atoms with Crippen molar-refractivity contribution < 1.29 is 4.74 Å². The maximum atomic E-state index is 5.68. The highest BCUT2D eigenvalue weighted by atomic mass is 32.1. The second kappa shape index (κ2) is 5.30. The molecule has 0 bridgehead atoms. The lowest BCUT2D eigenvalue weighted by atomic mass is 9.92. The SMILES string of the molecule is CCNC(c1csc(C)c1)C1COC(C)C1. The summed E-state index contributed by atoms with van der Waals surface area (Å²) in [5.41, 5.74) is 1.44. The average molecular weight is 239 g/mol.